The molecule has 11 nitrogen and oxygen atoms in total. The number of amides is 1. The fraction of sp³-hybridized carbons (Fsp3) is 0. The number of carboxylic acid groups (broad SMARTS) is 2. The maximum atomic E-state index is 13.3. The number of hydrogen-bond donors (Lipinski definition) is 4. The molecule has 1 amide bonds. The van der Waals surface area contributed by atoms with Crippen molar-refractivity contribution in [1.82, 2.24) is 20.2 Å². The third kappa shape index (κ3) is 4.75. The van der Waals surface area contributed by atoms with E-state index < -0.39 is 17.8 Å². The van der Waals surface area contributed by atoms with E-state index in [2.05, 4.69) is 20.8 Å². The number of aromatic nitrogens is 4. The number of aromatic carboxylic acids is 2. The van der Waals surface area contributed by atoms with Crippen molar-refractivity contribution in [2.24, 2.45) is 0 Å². The SMILES string of the molecule is O=C(O)c1cc(NC(=O)c2cc(Sc3nnnn3-c3ccccc3)c3ccccc3c2O)cc(C(=O)O)c1. The second kappa shape index (κ2) is 10.0. The van der Waals surface area contributed by atoms with Crippen LogP contribution in [0.3, 0.4) is 0 Å². The van der Waals surface area contributed by atoms with Crippen LogP contribution < -0.4 is 5.32 Å². The Morgan fingerprint density at radius 2 is 1.45 bits per heavy atom. The number of benzene rings is 4. The highest BCUT2D eigenvalue weighted by molar-refractivity contribution is 7.99. The minimum atomic E-state index is -1.35. The second-order valence-corrected chi connectivity index (χ2v) is 9.00. The van der Waals surface area contributed by atoms with Crippen molar-refractivity contribution in [3.8, 4) is 11.4 Å². The first-order valence-electron chi connectivity index (χ1n) is 11.0. The van der Waals surface area contributed by atoms with Crippen LogP contribution in [0.2, 0.25) is 0 Å². The molecular formula is C26H17N5O6S. The first-order chi connectivity index (χ1) is 18.3. The summed E-state index contributed by atoms with van der Waals surface area (Å²) >= 11 is 1.18. The van der Waals surface area contributed by atoms with E-state index in [0.29, 0.717) is 20.8 Å². The lowest BCUT2D eigenvalue weighted by molar-refractivity contribution is 0.0696. The van der Waals surface area contributed by atoms with E-state index >= 15 is 0 Å². The smallest absolute Gasteiger partial charge is 0.335 e. The summed E-state index contributed by atoms with van der Waals surface area (Å²) in [6, 6.07) is 20.9. The predicted molar refractivity (Wildman–Crippen MR) is 137 cm³/mol. The quantitative estimate of drug-likeness (QED) is 0.239. The third-order valence-corrected chi connectivity index (χ3v) is 6.55. The molecule has 12 heteroatoms. The van der Waals surface area contributed by atoms with Crippen molar-refractivity contribution in [3.63, 3.8) is 0 Å². The van der Waals surface area contributed by atoms with Gasteiger partial charge in [-0.15, -0.1) is 5.10 Å². The molecule has 5 aromatic rings. The maximum Gasteiger partial charge on any atom is 0.335 e. The van der Waals surface area contributed by atoms with Crippen molar-refractivity contribution in [2.75, 3.05) is 5.32 Å². The van der Waals surface area contributed by atoms with Gasteiger partial charge in [0.2, 0.25) is 5.16 Å². The minimum Gasteiger partial charge on any atom is -0.506 e. The summed E-state index contributed by atoms with van der Waals surface area (Å²) in [6.45, 7) is 0. The Labute approximate surface area is 218 Å². The lowest BCUT2D eigenvalue weighted by Crippen LogP contribution is -2.14. The van der Waals surface area contributed by atoms with Crippen LogP contribution >= 0.6 is 11.8 Å². The monoisotopic (exact) mass is 527 g/mol. The summed E-state index contributed by atoms with van der Waals surface area (Å²) in [6.07, 6.45) is 0. The van der Waals surface area contributed by atoms with Crippen molar-refractivity contribution >= 4 is 46.1 Å². The van der Waals surface area contributed by atoms with E-state index in [1.807, 2.05) is 30.3 Å². The first-order valence-corrected chi connectivity index (χ1v) is 11.8. The van der Waals surface area contributed by atoms with E-state index in [4.69, 9.17) is 0 Å². The molecule has 0 spiro atoms. The highest BCUT2D eigenvalue weighted by atomic mass is 32.2. The number of carbonyl (C=O) groups is 3. The van der Waals surface area contributed by atoms with Crippen LogP contribution in [0.4, 0.5) is 5.69 Å². The van der Waals surface area contributed by atoms with Gasteiger partial charge in [-0.1, -0.05) is 42.5 Å². The molecule has 0 saturated carbocycles. The predicted octanol–water partition coefficient (Wildman–Crippen LogP) is 4.32. The molecule has 38 heavy (non-hydrogen) atoms. The molecule has 0 atom stereocenters. The van der Waals surface area contributed by atoms with Crippen molar-refractivity contribution in [1.29, 1.82) is 0 Å². The molecule has 1 aromatic heterocycles. The van der Waals surface area contributed by atoms with Crippen molar-refractivity contribution in [2.45, 2.75) is 10.1 Å². The number of rotatable bonds is 7. The molecule has 1 heterocycles. The standard InChI is InChI=1S/C26H17N5O6S/c32-22-19-9-5-4-8-18(19)21(38-26-28-29-30-31(26)17-6-2-1-3-7-17)13-20(22)23(33)27-16-11-14(24(34)35)10-15(12-16)25(36)37/h1-13,32H,(H,27,33)(H,34,35)(H,36,37). The summed E-state index contributed by atoms with van der Waals surface area (Å²) in [4.78, 5) is 36.7. The Kier molecular flexibility index (Phi) is 6.46. The third-order valence-electron chi connectivity index (χ3n) is 5.55. The number of carbonyl (C=O) groups excluding carboxylic acids is 1. The van der Waals surface area contributed by atoms with Gasteiger partial charge in [0.25, 0.3) is 5.91 Å². The van der Waals surface area contributed by atoms with Gasteiger partial charge in [0.1, 0.15) is 5.75 Å². The molecule has 188 valence electrons. The number of fused-ring (bicyclic) bond motifs is 1. The number of anilines is 1. The number of nitrogens with one attached hydrogen (secondary N) is 1. The highest BCUT2D eigenvalue weighted by Crippen LogP contribution is 2.39. The van der Waals surface area contributed by atoms with E-state index in [-0.39, 0.29) is 28.1 Å². The van der Waals surface area contributed by atoms with Crippen LogP contribution in [0.5, 0.6) is 5.75 Å². The van der Waals surface area contributed by atoms with Crippen molar-refractivity contribution < 1.29 is 29.7 Å². The number of carboxylic acids is 2. The molecule has 0 saturated heterocycles. The van der Waals surface area contributed by atoms with E-state index in [0.717, 1.165) is 23.9 Å². The number of phenolic OH excluding ortho intramolecular Hbond substituents is 1. The molecule has 0 radical (unpaired) electrons. The zero-order valence-electron chi connectivity index (χ0n) is 19.3. The molecule has 0 aliphatic heterocycles. The number of hydrogen-bond acceptors (Lipinski definition) is 8. The number of nitrogens with zero attached hydrogens (tertiary/aromatic N) is 4. The lowest BCUT2D eigenvalue weighted by atomic mass is 10.0. The van der Waals surface area contributed by atoms with E-state index in [9.17, 15) is 29.7 Å². The number of phenols is 1. The Morgan fingerprint density at radius 1 is 0.816 bits per heavy atom. The fourth-order valence-corrected chi connectivity index (χ4v) is 4.77. The van der Waals surface area contributed by atoms with Gasteiger partial charge in [0.05, 0.1) is 22.4 Å². The van der Waals surface area contributed by atoms with Crippen molar-refractivity contribution in [3.05, 3.63) is 95.6 Å². The van der Waals surface area contributed by atoms with Gasteiger partial charge in [-0.2, -0.15) is 4.68 Å². The Morgan fingerprint density at radius 3 is 2.11 bits per heavy atom. The molecule has 0 aliphatic carbocycles. The summed E-state index contributed by atoms with van der Waals surface area (Å²) in [5.41, 5.74) is -0.0583. The summed E-state index contributed by atoms with van der Waals surface area (Å²) < 4.78 is 1.54. The molecule has 0 unspecified atom stereocenters. The Bertz CT molecular complexity index is 1690. The van der Waals surface area contributed by atoms with Crippen LogP contribution in [0.1, 0.15) is 31.1 Å². The van der Waals surface area contributed by atoms with E-state index in [1.54, 1.807) is 24.3 Å². The normalized spacial score (nSPS) is 10.8. The van der Waals surface area contributed by atoms with Crippen LogP contribution in [0.25, 0.3) is 16.5 Å². The summed E-state index contributed by atoms with van der Waals surface area (Å²) in [7, 11) is 0. The Balaban J connectivity index is 1.56. The van der Waals surface area contributed by atoms with Gasteiger partial charge < -0.3 is 20.6 Å². The number of aromatic hydroxyl groups is 1. The highest BCUT2D eigenvalue weighted by Gasteiger charge is 2.21. The molecule has 4 aromatic carbocycles. The van der Waals surface area contributed by atoms with E-state index in [1.165, 1.54) is 22.5 Å². The molecule has 4 N–H and O–H groups in total. The summed E-state index contributed by atoms with van der Waals surface area (Å²) in [5, 5.41) is 45.5. The van der Waals surface area contributed by atoms with Crippen LogP contribution in [-0.2, 0) is 0 Å². The van der Waals surface area contributed by atoms with Gasteiger partial charge in [-0.3, -0.25) is 4.79 Å². The molecule has 5 rings (SSSR count). The molecule has 0 bridgehead atoms. The summed E-state index contributed by atoms with van der Waals surface area (Å²) in [5.74, 6) is -3.77. The number of tetrazole rings is 1. The molecule has 0 aliphatic rings. The fourth-order valence-electron chi connectivity index (χ4n) is 3.80. The van der Waals surface area contributed by atoms with Crippen LogP contribution in [0.15, 0.2) is 88.9 Å². The maximum absolute atomic E-state index is 13.3. The van der Waals surface area contributed by atoms with Crippen LogP contribution in [-0.4, -0.2) is 53.4 Å². The average molecular weight is 528 g/mol. The van der Waals surface area contributed by atoms with Gasteiger partial charge in [0, 0.05) is 16.0 Å². The lowest BCUT2D eigenvalue weighted by Gasteiger charge is -2.13. The topological polar surface area (TPSA) is 168 Å². The zero-order valence-corrected chi connectivity index (χ0v) is 20.1. The first kappa shape index (κ1) is 24.5. The van der Waals surface area contributed by atoms with Gasteiger partial charge >= 0.3 is 11.9 Å². The molecular weight excluding hydrogens is 510 g/mol. The van der Waals surface area contributed by atoms with Gasteiger partial charge in [-0.25, -0.2) is 9.59 Å². The van der Waals surface area contributed by atoms with Gasteiger partial charge in [0.15, 0.2) is 0 Å². The number of para-hydroxylation sites is 1. The average Bonchev–Trinajstić information content (AvgIpc) is 3.38. The van der Waals surface area contributed by atoms with Crippen LogP contribution in [0, 0.1) is 0 Å². The Hall–Kier alpha value is -5.23. The largest absolute Gasteiger partial charge is 0.506 e. The zero-order chi connectivity index (χ0) is 26.8. The molecule has 0 fully saturated rings. The second-order valence-electron chi connectivity index (χ2n) is 7.99. The van der Waals surface area contributed by atoms with Gasteiger partial charge in [-0.05, 0) is 64.0 Å². The minimum absolute atomic E-state index is 0.0536.